The molecule has 0 aliphatic carbocycles. The van der Waals surface area contributed by atoms with Gasteiger partial charge in [0.05, 0.1) is 12.2 Å². The number of ether oxygens (including phenoxy) is 1. The van der Waals surface area contributed by atoms with Crippen LogP contribution in [0.4, 0.5) is 8.78 Å². The summed E-state index contributed by atoms with van der Waals surface area (Å²) in [5, 5.41) is 9.48. The van der Waals surface area contributed by atoms with E-state index >= 15 is 0 Å². The fraction of sp³-hybridized carbons (Fsp3) is 0.533. The Balaban J connectivity index is 1.90. The second kappa shape index (κ2) is 4.52. The van der Waals surface area contributed by atoms with Crippen molar-refractivity contribution < 1.29 is 23.4 Å². The van der Waals surface area contributed by atoms with Gasteiger partial charge in [-0.2, -0.15) is 0 Å². The molecule has 2 fully saturated rings. The van der Waals surface area contributed by atoms with Crippen LogP contribution in [-0.2, 0) is 15.5 Å². The van der Waals surface area contributed by atoms with Crippen molar-refractivity contribution in [3.63, 3.8) is 0 Å². The maximum atomic E-state index is 14.4. The summed E-state index contributed by atoms with van der Waals surface area (Å²) in [6.45, 7) is 0. The summed E-state index contributed by atoms with van der Waals surface area (Å²) in [5.74, 6) is -4.33. The van der Waals surface area contributed by atoms with Crippen molar-refractivity contribution in [3.8, 4) is 0 Å². The molecule has 0 amide bonds. The van der Waals surface area contributed by atoms with Gasteiger partial charge in [0.2, 0.25) is 0 Å². The highest BCUT2D eigenvalue weighted by Crippen LogP contribution is 2.54. The van der Waals surface area contributed by atoms with Crippen LogP contribution in [0.5, 0.6) is 0 Å². The fourth-order valence-electron chi connectivity index (χ4n) is 3.47. The number of aliphatic carboxylic acids is 1. The number of fused-ring (bicyclic) bond motifs is 2. The van der Waals surface area contributed by atoms with Crippen molar-refractivity contribution in [1.82, 2.24) is 0 Å². The first-order valence-electron chi connectivity index (χ1n) is 6.76. The maximum Gasteiger partial charge on any atom is 0.312 e. The molecule has 0 radical (unpaired) electrons. The van der Waals surface area contributed by atoms with Crippen molar-refractivity contribution in [3.05, 3.63) is 35.9 Å². The molecule has 5 heteroatoms. The predicted octanol–water partition coefficient (Wildman–Crippen LogP) is 3.19. The van der Waals surface area contributed by atoms with Crippen molar-refractivity contribution in [2.45, 2.75) is 43.8 Å². The number of carboxylic acid groups (broad SMARTS) is 1. The van der Waals surface area contributed by atoms with Crippen LogP contribution in [-0.4, -0.2) is 23.3 Å². The molecule has 20 heavy (non-hydrogen) atoms. The van der Waals surface area contributed by atoms with Gasteiger partial charge in [0.1, 0.15) is 5.41 Å². The molecule has 2 heterocycles. The lowest BCUT2D eigenvalue weighted by Crippen LogP contribution is -2.44. The highest BCUT2D eigenvalue weighted by atomic mass is 19.3. The van der Waals surface area contributed by atoms with Crippen LogP contribution in [0.2, 0.25) is 0 Å². The Kier molecular flexibility index (Phi) is 3.05. The second-order valence-corrected chi connectivity index (χ2v) is 5.74. The van der Waals surface area contributed by atoms with E-state index in [9.17, 15) is 18.7 Å². The third-order valence-electron chi connectivity index (χ3n) is 4.48. The standard InChI is InChI=1S/C15H16F2O3/c16-15(17,10-4-2-1-3-5-10)9-14(13(18)19)8-11-6-7-12(14)20-11/h1-5,11-12H,6-9H2,(H,18,19). The molecule has 2 bridgehead atoms. The predicted molar refractivity (Wildman–Crippen MR) is 67.5 cm³/mol. The molecule has 1 aromatic carbocycles. The van der Waals surface area contributed by atoms with Crippen molar-refractivity contribution in [2.75, 3.05) is 0 Å². The Labute approximate surface area is 115 Å². The Hall–Kier alpha value is -1.49. The lowest BCUT2D eigenvalue weighted by Gasteiger charge is -2.34. The van der Waals surface area contributed by atoms with Gasteiger partial charge < -0.3 is 9.84 Å². The first kappa shape index (κ1) is 13.5. The number of hydrogen-bond acceptors (Lipinski definition) is 2. The average Bonchev–Trinajstić information content (AvgIpc) is 3.00. The number of hydrogen-bond donors (Lipinski definition) is 1. The maximum absolute atomic E-state index is 14.4. The van der Waals surface area contributed by atoms with E-state index in [-0.39, 0.29) is 18.1 Å². The highest BCUT2D eigenvalue weighted by Gasteiger charge is 2.61. The first-order chi connectivity index (χ1) is 9.44. The zero-order valence-electron chi connectivity index (χ0n) is 10.9. The van der Waals surface area contributed by atoms with Crippen LogP contribution in [0.25, 0.3) is 0 Å². The van der Waals surface area contributed by atoms with Gasteiger partial charge in [-0.3, -0.25) is 4.79 Å². The smallest absolute Gasteiger partial charge is 0.312 e. The summed E-state index contributed by atoms with van der Waals surface area (Å²) in [5.41, 5.74) is -1.59. The van der Waals surface area contributed by atoms with Crippen LogP contribution < -0.4 is 0 Å². The molecule has 1 N–H and O–H groups in total. The molecule has 1 aromatic rings. The summed E-state index contributed by atoms with van der Waals surface area (Å²) in [7, 11) is 0. The van der Waals surface area contributed by atoms with E-state index in [4.69, 9.17) is 4.74 Å². The number of carbonyl (C=O) groups is 1. The molecule has 3 rings (SSSR count). The highest BCUT2D eigenvalue weighted by molar-refractivity contribution is 5.76. The number of benzene rings is 1. The van der Waals surface area contributed by atoms with E-state index in [1.807, 2.05) is 0 Å². The monoisotopic (exact) mass is 282 g/mol. The van der Waals surface area contributed by atoms with Gasteiger partial charge in [-0.15, -0.1) is 0 Å². The second-order valence-electron chi connectivity index (χ2n) is 5.74. The van der Waals surface area contributed by atoms with E-state index in [1.54, 1.807) is 6.07 Å². The van der Waals surface area contributed by atoms with Gasteiger partial charge in [-0.05, 0) is 19.3 Å². The van der Waals surface area contributed by atoms with Gasteiger partial charge in [-0.1, -0.05) is 30.3 Å². The van der Waals surface area contributed by atoms with Crippen molar-refractivity contribution in [1.29, 1.82) is 0 Å². The average molecular weight is 282 g/mol. The third-order valence-corrected chi connectivity index (χ3v) is 4.48. The lowest BCUT2D eigenvalue weighted by molar-refractivity contribution is -0.161. The molecule has 108 valence electrons. The minimum atomic E-state index is -3.16. The van der Waals surface area contributed by atoms with Crippen molar-refractivity contribution in [2.24, 2.45) is 5.41 Å². The number of alkyl halides is 2. The number of halogens is 2. The molecule has 3 unspecified atom stereocenters. The van der Waals surface area contributed by atoms with Gasteiger partial charge in [0.25, 0.3) is 5.92 Å². The van der Waals surface area contributed by atoms with Crippen LogP contribution >= 0.6 is 0 Å². The van der Waals surface area contributed by atoms with Gasteiger partial charge >= 0.3 is 5.97 Å². The summed E-state index contributed by atoms with van der Waals surface area (Å²) in [6, 6.07) is 7.41. The first-order valence-corrected chi connectivity index (χ1v) is 6.76. The molecular weight excluding hydrogens is 266 g/mol. The zero-order valence-corrected chi connectivity index (χ0v) is 10.9. The summed E-state index contributed by atoms with van der Waals surface area (Å²) >= 11 is 0. The van der Waals surface area contributed by atoms with Crippen LogP contribution in [0.1, 0.15) is 31.2 Å². The van der Waals surface area contributed by atoms with E-state index in [0.717, 1.165) is 6.42 Å². The third kappa shape index (κ3) is 2.00. The molecule has 0 saturated carbocycles. The molecule has 2 aliphatic rings. The van der Waals surface area contributed by atoms with E-state index in [0.29, 0.717) is 6.42 Å². The normalized spacial score (nSPS) is 32.5. The van der Waals surface area contributed by atoms with Crippen molar-refractivity contribution >= 4 is 5.97 Å². The molecular formula is C15H16F2O3. The number of carboxylic acids is 1. The minimum absolute atomic E-state index is 0.136. The lowest BCUT2D eigenvalue weighted by atomic mass is 9.69. The molecule has 3 atom stereocenters. The van der Waals surface area contributed by atoms with E-state index in [2.05, 4.69) is 0 Å². The summed E-state index contributed by atoms with van der Waals surface area (Å²) < 4.78 is 34.4. The van der Waals surface area contributed by atoms with Crippen LogP contribution in [0.3, 0.4) is 0 Å². The molecule has 0 spiro atoms. The summed E-state index contributed by atoms with van der Waals surface area (Å²) in [4.78, 5) is 11.6. The van der Waals surface area contributed by atoms with E-state index < -0.39 is 29.8 Å². The van der Waals surface area contributed by atoms with Crippen LogP contribution in [0, 0.1) is 5.41 Å². The fourth-order valence-corrected chi connectivity index (χ4v) is 3.47. The number of rotatable bonds is 4. The molecule has 2 aliphatic heterocycles. The van der Waals surface area contributed by atoms with Crippen LogP contribution in [0.15, 0.2) is 30.3 Å². The minimum Gasteiger partial charge on any atom is -0.481 e. The molecule has 3 nitrogen and oxygen atoms in total. The zero-order chi connectivity index (χ0) is 14.4. The Bertz CT molecular complexity index is 517. The topological polar surface area (TPSA) is 46.5 Å². The van der Waals surface area contributed by atoms with Gasteiger partial charge in [0, 0.05) is 12.0 Å². The molecule has 2 saturated heterocycles. The molecule has 0 aromatic heterocycles. The Morgan fingerprint density at radius 1 is 1.35 bits per heavy atom. The largest absolute Gasteiger partial charge is 0.481 e. The van der Waals surface area contributed by atoms with E-state index in [1.165, 1.54) is 24.3 Å². The quantitative estimate of drug-likeness (QED) is 0.922. The summed E-state index contributed by atoms with van der Waals surface area (Å²) in [6.07, 6.45) is 0.0660. The SMILES string of the molecule is O=C(O)C1(CC(F)(F)c2ccccc2)CC2CCC1O2. The Morgan fingerprint density at radius 2 is 2.05 bits per heavy atom. The Morgan fingerprint density at radius 3 is 2.55 bits per heavy atom. The van der Waals surface area contributed by atoms with Gasteiger partial charge in [-0.25, -0.2) is 8.78 Å². The van der Waals surface area contributed by atoms with Gasteiger partial charge in [0.15, 0.2) is 0 Å².